The van der Waals surface area contributed by atoms with Crippen molar-refractivity contribution in [3.05, 3.63) is 35.9 Å². The highest BCUT2D eigenvalue weighted by atomic mass is 32.2. The molecular weight excluding hydrogens is 326 g/mol. The van der Waals surface area contributed by atoms with Crippen molar-refractivity contribution >= 4 is 27.1 Å². The van der Waals surface area contributed by atoms with Gasteiger partial charge in [0.15, 0.2) is 0 Å². The minimum absolute atomic E-state index is 0.257. The Hall–Kier alpha value is -1.86. The van der Waals surface area contributed by atoms with E-state index in [0.717, 1.165) is 31.4 Å². The van der Waals surface area contributed by atoms with Crippen LogP contribution in [0, 0.1) is 0 Å². The summed E-state index contributed by atoms with van der Waals surface area (Å²) in [6.07, 6.45) is 4.98. The molecule has 0 atom stereocenters. The van der Waals surface area contributed by atoms with E-state index in [-0.39, 0.29) is 6.03 Å². The summed E-state index contributed by atoms with van der Waals surface area (Å²) in [5.74, 6) is 1.38. The van der Waals surface area contributed by atoms with E-state index < -0.39 is 9.73 Å². The summed E-state index contributed by atoms with van der Waals surface area (Å²) < 4.78 is 22.1. The fourth-order valence-corrected chi connectivity index (χ4v) is 4.95. The molecule has 7 heteroatoms. The summed E-state index contributed by atoms with van der Waals surface area (Å²) in [6, 6.07) is 6.88. The van der Waals surface area contributed by atoms with E-state index in [4.69, 9.17) is 4.74 Å². The molecule has 2 aliphatic heterocycles. The lowest BCUT2D eigenvalue weighted by Gasteiger charge is -2.14. The first-order chi connectivity index (χ1) is 11.6. The van der Waals surface area contributed by atoms with E-state index in [2.05, 4.69) is 21.1 Å². The maximum atomic E-state index is 12.4. The second kappa shape index (κ2) is 7.81. The topological polar surface area (TPSA) is 79.8 Å². The quantitative estimate of drug-likeness (QED) is 0.820. The molecule has 6 nitrogen and oxygen atoms in total. The fourth-order valence-electron chi connectivity index (χ4n) is 2.75. The number of anilines is 1. The number of benzene rings is 1. The van der Waals surface area contributed by atoms with E-state index in [9.17, 15) is 9.00 Å². The summed E-state index contributed by atoms with van der Waals surface area (Å²) in [6.45, 7) is 1.82. The SMILES string of the molecule is O=C(NCC1=CCCOC1)Nc1ccc(N=S2(=O)CCCC2)cc1. The minimum Gasteiger partial charge on any atom is -0.377 e. The van der Waals surface area contributed by atoms with E-state index in [1.165, 1.54) is 0 Å². The molecule has 2 aliphatic rings. The van der Waals surface area contributed by atoms with Gasteiger partial charge in [0, 0.05) is 23.7 Å². The number of carbonyl (C=O) groups is 1. The zero-order valence-electron chi connectivity index (χ0n) is 13.6. The van der Waals surface area contributed by atoms with Crippen molar-refractivity contribution in [2.75, 3.05) is 36.6 Å². The molecule has 0 bridgehead atoms. The summed E-state index contributed by atoms with van der Waals surface area (Å²) in [7, 11) is -2.06. The van der Waals surface area contributed by atoms with Crippen molar-refractivity contribution in [3.63, 3.8) is 0 Å². The zero-order valence-corrected chi connectivity index (χ0v) is 14.4. The molecule has 130 valence electrons. The van der Waals surface area contributed by atoms with Crippen LogP contribution in [0.5, 0.6) is 0 Å². The van der Waals surface area contributed by atoms with Crippen LogP contribution in [0.1, 0.15) is 19.3 Å². The van der Waals surface area contributed by atoms with Crippen molar-refractivity contribution in [1.82, 2.24) is 5.32 Å². The molecule has 2 amide bonds. The Bertz CT molecular complexity index is 722. The molecule has 0 aliphatic carbocycles. The van der Waals surface area contributed by atoms with Gasteiger partial charge in [0.05, 0.1) is 28.6 Å². The summed E-state index contributed by atoms with van der Waals surface area (Å²) in [5, 5.41) is 5.59. The first-order valence-electron chi connectivity index (χ1n) is 8.26. The first-order valence-corrected chi connectivity index (χ1v) is 10.1. The molecule has 0 radical (unpaired) electrons. The standard InChI is InChI=1S/C17H23N3O3S/c21-17(18-12-14-4-3-9-23-13-14)19-15-5-7-16(8-6-15)20-24(22)10-1-2-11-24/h4-8H,1-3,9-13H2,(H2,18,19,21). The third-order valence-electron chi connectivity index (χ3n) is 4.03. The van der Waals surface area contributed by atoms with Crippen molar-refractivity contribution in [2.24, 2.45) is 4.36 Å². The molecule has 1 saturated heterocycles. The van der Waals surface area contributed by atoms with Gasteiger partial charge in [-0.05, 0) is 49.1 Å². The van der Waals surface area contributed by atoms with Gasteiger partial charge in [-0.2, -0.15) is 4.36 Å². The molecule has 0 saturated carbocycles. The lowest BCUT2D eigenvalue weighted by Crippen LogP contribution is -2.31. The average Bonchev–Trinajstić information content (AvgIpc) is 3.02. The van der Waals surface area contributed by atoms with Crippen molar-refractivity contribution < 1.29 is 13.7 Å². The third kappa shape index (κ3) is 4.82. The van der Waals surface area contributed by atoms with Gasteiger partial charge >= 0.3 is 6.03 Å². The van der Waals surface area contributed by atoms with E-state index >= 15 is 0 Å². The maximum absolute atomic E-state index is 12.4. The third-order valence-corrected chi connectivity index (χ3v) is 6.43. The number of nitrogens with zero attached hydrogens (tertiary/aromatic N) is 1. The molecule has 0 unspecified atom stereocenters. The van der Waals surface area contributed by atoms with Gasteiger partial charge in [-0.25, -0.2) is 9.00 Å². The van der Waals surface area contributed by atoms with Crippen LogP contribution in [0.2, 0.25) is 0 Å². The van der Waals surface area contributed by atoms with E-state index in [1.807, 2.05) is 0 Å². The Balaban J connectivity index is 1.53. The van der Waals surface area contributed by atoms with E-state index in [0.29, 0.717) is 36.0 Å². The van der Waals surface area contributed by atoms with Gasteiger partial charge in [0.2, 0.25) is 0 Å². The smallest absolute Gasteiger partial charge is 0.319 e. The Kier molecular flexibility index (Phi) is 5.52. The average molecular weight is 349 g/mol. The highest BCUT2D eigenvalue weighted by Gasteiger charge is 2.16. The van der Waals surface area contributed by atoms with Crippen LogP contribution in [0.15, 0.2) is 40.3 Å². The monoisotopic (exact) mass is 349 g/mol. The number of amides is 2. The predicted molar refractivity (Wildman–Crippen MR) is 96.2 cm³/mol. The second-order valence-corrected chi connectivity index (χ2v) is 8.58. The van der Waals surface area contributed by atoms with Crippen LogP contribution in [-0.2, 0) is 14.5 Å². The van der Waals surface area contributed by atoms with Crippen LogP contribution in [0.4, 0.5) is 16.2 Å². The van der Waals surface area contributed by atoms with Crippen molar-refractivity contribution in [1.29, 1.82) is 0 Å². The number of urea groups is 1. The van der Waals surface area contributed by atoms with Crippen molar-refractivity contribution in [2.45, 2.75) is 19.3 Å². The normalized spacial score (nSPS) is 19.4. The summed E-state index contributed by atoms with van der Waals surface area (Å²) >= 11 is 0. The summed E-state index contributed by atoms with van der Waals surface area (Å²) in [5.41, 5.74) is 2.48. The number of hydrogen-bond acceptors (Lipinski definition) is 4. The first kappa shape index (κ1) is 17.0. The molecule has 2 heterocycles. The predicted octanol–water partition coefficient (Wildman–Crippen LogP) is 3.05. The van der Waals surface area contributed by atoms with Gasteiger partial charge < -0.3 is 15.4 Å². The van der Waals surface area contributed by atoms with Gasteiger partial charge in [-0.1, -0.05) is 6.08 Å². The molecule has 0 spiro atoms. The number of hydrogen-bond donors (Lipinski definition) is 2. The molecular formula is C17H23N3O3S. The number of nitrogens with one attached hydrogen (secondary N) is 2. The number of rotatable bonds is 4. The highest BCUT2D eigenvalue weighted by Crippen LogP contribution is 2.22. The van der Waals surface area contributed by atoms with E-state index in [1.54, 1.807) is 24.3 Å². The van der Waals surface area contributed by atoms with Crippen LogP contribution >= 0.6 is 0 Å². The maximum Gasteiger partial charge on any atom is 0.319 e. The minimum atomic E-state index is -2.06. The number of ether oxygens (including phenoxy) is 1. The lowest BCUT2D eigenvalue weighted by atomic mass is 10.2. The summed E-state index contributed by atoms with van der Waals surface area (Å²) in [4.78, 5) is 11.9. The zero-order chi connectivity index (χ0) is 16.8. The van der Waals surface area contributed by atoms with Crippen LogP contribution in [0.25, 0.3) is 0 Å². The highest BCUT2D eigenvalue weighted by molar-refractivity contribution is 7.93. The molecule has 1 fully saturated rings. The second-order valence-electron chi connectivity index (χ2n) is 6.04. The van der Waals surface area contributed by atoms with Crippen LogP contribution in [0.3, 0.4) is 0 Å². The lowest BCUT2D eigenvalue weighted by molar-refractivity contribution is 0.149. The Morgan fingerprint density at radius 3 is 2.62 bits per heavy atom. The van der Waals surface area contributed by atoms with Gasteiger partial charge in [-0.15, -0.1) is 0 Å². The Morgan fingerprint density at radius 2 is 1.96 bits per heavy atom. The van der Waals surface area contributed by atoms with Crippen LogP contribution < -0.4 is 10.6 Å². The molecule has 1 aromatic rings. The molecule has 0 aromatic heterocycles. The van der Waals surface area contributed by atoms with Crippen LogP contribution in [-0.4, -0.2) is 41.5 Å². The Morgan fingerprint density at radius 1 is 1.21 bits per heavy atom. The molecule has 24 heavy (non-hydrogen) atoms. The van der Waals surface area contributed by atoms with Gasteiger partial charge in [-0.3, -0.25) is 0 Å². The molecule has 2 N–H and O–H groups in total. The number of carbonyl (C=O) groups excluding carboxylic acids is 1. The molecule has 1 aromatic carbocycles. The fraction of sp³-hybridized carbons (Fsp3) is 0.471. The largest absolute Gasteiger partial charge is 0.377 e. The Labute approximate surface area is 142 Å². The van der Waals surface area contributed by atoms with Gasteiger partial charge in [0.1, 0.15) is 0 Å². The van der Waals surface area contributed by atoms with Gasteiger partial charge in [0.25, 0.3) is 0 Å². The van der Waals surface area contributed by atoms with Crippen molar-refractivity contribution in [3.8, 4) is 0 Å². The molecule has 3 rings (SSSR count).